The highest BCUT2D eigenvalue weighted by Gasteiger charge is 2.42. The summed E-state index contributed by atoms with van der Waals surface area (Å²) >= 11 is 0. The predicted octanol–water partition coefficient (Wildman–Crippen LogP) is 2.27. The summed E-state index contributed by atoms with van der Waals surface area (Å²) in [7, 11) is 0. The Morgan fingerprint density at radius 1 is 1.16 bits per heavy atom. The second-order valence-corrected chi connectivity index (χ2v) is 5.37. The van der Waals surface area contributed by atoms with E-state index in [2.05, 4.69) is 0 Å². The summed E-state index contributed by atoms with van der Waals surface area (Å²) in [5.41, 5.74) is -0.0480. The van der Waals surface area contributed by atoms with Gasteiger partial charge in [-0.25, -0.2) is 8.78 Å². The largest absolute Gasteiger partial charge is 0.393 e. The first-order valence-corrected chi connectivity index (χ1v) is 6.50. The number of aldehydes is 1. The lowest BCUT2D eigenvalue weighted by atomic mass is 9.98. The number of carbonyl (C=O) groups excluding carboxylic acids is 1. The van der Waals surface area contributed by atoms with Crippen molar-refractivity contribution >= 4 is 12.0 Å². The molecule has 102 valence electrons. The Balaban J connectivity index is 2.01. The number of fused-ring (bicyclic) bond motifs is 2. The van der Waals surface area contributed by atoms with Gasteiger partial charge in [-0.2, -0.15) is 0 Å². The third-order valence-electron chi connectivity index (χ3n) is 4.14. The molecule has 2 aliphatic rings. The lowest BCUT2D eigenvalue weighted by Gasteiger charge is -2.39. The lowest BCUT2D eigenvalue weighted by molar-refractivity contribution is 0.112. The van der Waals surface area contributed by atoms with Crippen LogP contribution in [-0.4, -0.2) is 29.6 Å². The molecule has 2 bridgehead atoms. The van der Waals surface area contributed by atoms with Crippen LogP contribution in [0.4, 0.5) is 14.5 Å². The maximum Gasteiger partial charge on any atom is 0.150 e. The van der Waals surface area contributed by atoms with E-state index in [0.717, 1.165) is 25.0 Å². The third kappa shape index (κ3) is 2.02. The fraction of sp³-hybridized carbons (Fsp3) is 0.500. The number of anilines is 1. The number of nitrogens with zero attached hydrogens (tertiary/aromatic N) is 1. The fourth-order valence-electron chi connectivity index (χ4n) is 3.41. The molecule has 0 radical (unpaired) electrons. The van der Waals surface area contributed by atoms with Gasteiger partial charge in [-0.3, -0.25) is 4.79 Å². The number of benzene rings is 1. The van der Waals surface area contributed by atoms with E-state index < -0.39 is 11.6 Å². The normalized spacial score (nSPS) is 29.6. The molecule has 2 heterocycles. The minimum absolute atomic E-state index is 0.00291. The highest BCUT2D eigenvalue weighted by molar-refractivity contribution is 5.76. The van der Waals surface area contributed by atoms with Gasteiger partial charge >= 0.3 is 0 Å². The van der Waals surface area contributed by atoms with Crippen LogP contribution >= 0.6 is 0 Å². The fourth-order valence-corrected chi connectivity index (χ4v) is 3.41. The van der Waals surface area contributed by atoms with Crippen molar-refractivity contribution in [3.05, 3.63) is 29.3 Å². The number of rotatable bonds is 2. The summed E-state index contributed by atoms with van der Waals surface area (Å²) in [6, 6.07) is 2.10. The molecule has 1 aromatic rings. The average molecular weight is 267 g/mol. The van der Waals surface area contributed by atoms with Crippen LogP contribution in [0.5, 0.6) is 0 Å². The van der Waals surface area contributed by atoms with Crippen LogP contribution in [-0.2, 0) is 0 Å². The van der Waals surface area contributed by atoms with Crippen LogP contribution in [0, 0.1) is 11.6 Å². The molecular formula is C14H15F2NO2. The van der Waals surface area contributed by atoms with Gasteiger partial charge < -0.3 is 10.0 Å². The van der Waals surface area contributed by atoms with Crippen molar-refractivity contribution in [2.45, 2.75) is 43.9 Å². The molecule has 0 saturated carbocycles. The number of hydrogen-bond donors (Lipinski definition) is 1. The van der Waals surface area contributed by atoms with Crippen molar-refractivity contribution in [3.63, 3.8) is 0 Å². The summed E-state index contributed by atoms with van der Waals surface area (Å²) in [5, 5.41) is 9.71. The van der Waals surface area contributed by atoms with Gasteiger partial charge in [0.05, 0.1) is 6.10 Å². The zero-order valence-electron chi connectivity index (χ0n) is 10.4. The van der Waals surface area contributed by atoms with E-state index in [0.29, 0.717) is 19.1 Å². The van der Waals surface area contributed by atoms with Crippen LogP contribution in [0.1, 0.15) is 36.0 Å². The maximum atomic E-state index is 14.1. The Morgan fingerprint density at radius 2 is 1.68 bits per heavy atom. The summed E-state index contributed by atoms with van der Waals surface area (Å²) in [5.74, 6) is -1.40. The first-order valence-electron chi connectivity index (χ1n) is 6.50. The van der Waals surface area contributed by atoms with Gasteiger partial charge in [0.15, 0.2) is 0 Å². The molecule has 2 atom stereocenters. The third-order valence-corrected chi connectivity index (χ3v) is 4.14. The van der Waals surface area contributed by atoms with Gasteiger partial charge in [0.25, 0.3) is 0 Å². The zero-order valence-corrected chi connectivity index (χ0v) is 10.4. The van der Waals surface area contributed by atoms with Crippen molar-refractivity contribution in [2.24, 2.45) is 0 Å². The van der Waals surface area contributed by atoms with Crippen LogP contribution < -0.4 is 4.90 Å². The SMILES string of the molecule is O=Cc1cc(F)c(N2C3CCC2CC(O)C3)c(F)c1. The minimum atomic E-state index is -0.699. The standard InChI is InChI=1S/C14H15F2NO2/c15-12-3-8(7-18)4-13(16)14(12)17-9-1-2-10(17)6-11(19)5-9/h3-4,7,9-11,19H,1-2,5-6H2. The van der Waals surface area contributed by atoms with Gasteiger partial charge in [0, 0.05) is 17.6 Å². The van der Waals surface area contributed by atoms with Crippen molar-refractivity contribution in [1.82, 2.24) is 0 Å². The van der Waals surface area contributed by atoms with Crippen molar-refractivity contribution in [3.8, 4) is 0 Å². The molecule has 0 spiro atoms. The van der Waals surface area contributed by atoms with Gasteiger partial charge in [0.1, 0.15) is 23.6 Å². The minimum Gasteiger partial charge on any atom is -0.393 e. The van der Waals surface area contributed by atoms with Crippen molar-refractivity contribution in [1.29, 1.82) is 0 Å². The number of piperidine rings is 1. The molecule has 2 unspecified atom stereocenters. The van der Waals surface area contributed by atoms with E-state index in [9.17, 15) is 18.7 Å². The van der Waals surface area contributed by atoms with Crippen molar-refractivity contribution < 1.29 is 18.7 Å². The first kappa shape index (κ1) is 12.5. The molecular weight excluding hydrogens is 252 g/mol. The Kier molecular flexibility index (Phi) is 3.01. The van der Waals surface area contributed by atoms with Crippen LogP contribution in [0.15, 0.2) is 12.1 Å². The molecule has 1 N–H and O–H groups in total. The Labute approximate surface area is 109 Å². The molecule has 3 nitrogen and oxygen atoms in total. The summed E-state index contributed by atoms with van der Waals surface area (Å²) in [6.07, 6.45) is 2.83. The summed E-state index contributed by atoms with van der Waals surface area (Å²) < 4.78 is 28.1. The molecule has 3 rings (SSSR count). The Morgan fingerprint density at radius 3 is 2.16 bits per heavy atom. The average Bonchev–Trinajstić information content (AvgIpc) is 2.61. The van der Waals surface area contributed by atoms with Crippen LogP contribution in [0.25, 0.3) is 0 Å². The summed E-state index contributed by atoms with van der Waals surface area (Å²) in [6.45, 7) is 0. The zero-order chi connectivity index (χ0) is 13.6. The van der Waals surface area contributed by atoms with Crippen LogP contribution in [0.3, 0.4) is 0 Å². The summed E-state index contributed by atoms with van der Waals surface area (Å²) in [4.78, 5) is 12.4. The molecule has 19 heavy (non-hydrogen) atoms. The first-order chi connectivity index (χ1) is 9.10. The number of halogens is 2. The molecule has 1 aromatic carbocycles. The number of aliphatic hydroxyl groups excluding tert-OH is 1. The maximum absolute atomic E-state index is 14.1. The van der Waals surface area contributed by atoms with Gasteiger partial charge in [0.2, 0.25) is 0 Å². The van der Waals surface area contributed by atoms with Gasteiger partial charge in [-0.1, -0.05) is 0 Å². The Bertz CT molecular complexity index is 483. The number of hydrogen-bond acceptors (Lipinski definition) is 3. The highest BCUT2D eigenvalue weighted by Crippen LogP contribution is 2.41. The molecule has 2 saturated heterocycles. The smallest absolute Gasteiger partial charge is 0.150 e. The van der Waals surface area contributed by atoms with E-state index in [1.54, 1.807) is 4.90 Å². The monoisotopic (exact) mass is 267 g/mol. The molecule has 2 fully saturated rings. The molecule has 0 aliphatic carbocycles. The number of aliphatic hydroxyl groups is 1. The second-order valence-electron chi connectivity index (χ2n) is 5.37. The van der Waals surface area contributed by atoms with E-state index in [1.165, 1.54) is 0 Å². The van der Waals surface area contributed by atoms with E-state index >= 15 is 0 Å². The number of carbonyl (C=O) groups is 1. The van der Waals surface area contributed by atoms with Crippen LogP contribution in [0.2, 0.25) is 0 Å². The molecule has 5 heteroatoms. The van der Waals surface area contributed by atoms with E-state index in [-0.39, 0.29) is 29.4 Å². The lowest BCUT2D eigenvalue weighted by Crippen LogP contribution is -2.45. The Hall–Kier alpha value is -1.49. The van der Waals surface area contributed by atoms with E-state index in [1.807, 2.05) is 0 Å². The molecule has 2 aliphatic heterocycles. The predicted molar refractivity (Wildman–Crippen MR) is 66.3 cm³/mol. The second kappa shape index (κ2) is 4.56. The van der Waals surface area contributed by atoms with Gasteiger partial charge in [-0.05, 0) is 37.8 Å². The van der Waals surface area contributed by atoms with E-state index in [4.69, 9.17) is 0 Å². The molecule has 0 aromatic heterocycles. The highest BCUT2D eigenvalue weighted by atomic mass is 19.1. The van der Waals surface area contributed by atoms with Crippen molar-refractivity contribution in [2.75, 3.05) is 4.90 Å². The quantitative estimate of drug-likeness (QED) is 0.836. The van der Waals surface area contributed by atoms with Gasteiger partial charge in [-0.15, -0.1) is 0 Å². The molecule has 0 amide bonds. The topological polar surface area (TPSA) is 40.5 Å².